The molecule has 1 aliphatic heterocycles. The predicted octanol–water partition coefficient (Wildman–Crippen LogP) is 2.78. The number of benzene rings is 1. The van der Waals surface area contributed by atoms with E-state index < -0.39 is 0 Å². The highest BCUT2D eigenvalue weighted by Gasteiger charge is 2.27. The lowest BCUT2D eigenvalue weighted by Crippen LogP contribution is -2.44. The Morgan fingerprint density at radius 1 is 1.31 bits per heavy atom. The lowest BCUT2D eigenvalue weighted by molar-refractivity contribution is 0.0695. The van der Waals surface area contributed by atoms with Crippen molar-refractivity contribution in [3.63, 3.8) is 0 Å². The van der Waals surface area contributed by atoms with Crippen molar-refractivity contribution in [1.29, 1.82) is 0 Å². The van der Waals surface area contributed by atoms with E-state index in [1.807, 2.05) is 20.9 Å². The van der Waals surface area contributed by atoms with E-state index >= 15 is 0 Å². The fourth-order valence-electron chi connectivity index (χ4n) is 3.10. The SMILES string of the molecule is CNC1CCN(C(=O)c2nc(C(C)C)n(-c3cccc(F)c3)n2)CC1.Cl. The second-order valence-electron chi connectivity index (χ2n) is 6.70. The van der Waals surface area contributed by atoms with Crippen molar-refractivity contribution in [3.05, 3.63) is 41.7 Å². The monoisotopic (exact) mass is 381 g/mol. The van der Waals surface area contributed by atoms with Gasteiger partial charge < -0.3 is 10.2 Å². The number of likely N-dealkylation sites (tertiary alicyclic amines) is 1. The molecular formula is C18H25ClFN5O. The summed E-state index contributed by atoms with van der Waals surface area (Å²) >= 11 is 0. The van der Waals surface area contributed by atoms with Gasteiger partial charge in [-0.25, -0.2) is 14.1 Å². The number of rotatable bonds is 4. The first-order valence-electron chi connectivity index (χ1n) is 8.69. The van der Waals surface area contributed by atoms with Crippen molar-refractivity contribution in [3.8, 4) is 5.69 Å². The highest BCUT2D eigenvalue weighted by molar-refractivity contribution is 5.90. The Balaban J connectivity index is 0.00000243. The summed E-state index contributed by atoms with van der Waals surface area (Å²) in [6.07, 6.45) is 1.84. The van der Waals surface area contributed by atoms with Crippen LogP contribution in [0, 0.1) is 5.82 Å². The third-order valence-corrected chi connectivity index (χ3v) is 4.58. The van der Waals surface area contributed by atoms with Crippen LogP contribution in [0.15, 0.2) is 24.3 Å². The van der Waals surface area contributed by atoms with Gasteiger partial charge in [-0.1, -0.05) is 19.9 Å². The van der Waals surface area contributed by atoms with Gasteiger partial charge in [0.1, 0.15) is 11.6 Å². The van der Waals surface area contributed by atoms with E-state index in [0.717, 1.165) is 12.8 Å². The fraction of sp³-hybridized carbons (Fsp3) is 0.500. The van der Waals surface area contributed by atoms with Crippen LogP contribution in [0.4, 0.5) is 4.39 Å². The Morgan fingerprint density at radius 3 is 2.58 bits per heavy atom. The van der Waals surface area contributed by atoms with E-state index in [1.165, 1.54) is 12.1 Å². The smallest absolute Gasteiger partial charge is 0.293 e. The quantitative estimate of drug-likeness (QED) is 0.884. The van der Waals surface area contributed by atoms with Crippen molar-refractivity contribution < 1.29 is 9.18 Å². The van der Waals surface area contributed by atoms with Crippen LogP contribution in [0.25, 0.3) is 5.69 Å². The molecule has 26 heavy (non-hydrogen) atoms. The maximum atomic E-state index is 13.6. The average Bonchev–Trinajstić information content (AvgIpc) is 3.07. The zero-order valence-electron chi connectivity index (χ0n) is 15.3. The Hall–Kier alpha value is -1.99. The summed E-state index contributed by atoms with van der Waals surface area (Å²) in [4.78, 5) is 19.0. The summed E-state index contributed by atoms with van der Waals surface area (Å²) in [7, 11) is 1.94. The second-order valence-corrected chi connectivity index (χ2v) is 6.70. The molecule has 1 saturated heterocycles. The molecule has 2 heterocycles. The zero-order chi connectivity index (χ0) is 18.0. The van der Waals surface area contributed by atoms with E-state index in [9.17, 15) is 9.18 Å². The number of hydrogen-bond donors (Lipinski definition) is 1. The second kappa shape index (κ2) is 8.60. The van der Waals surface area contributed by atoms with Gasteiger partial charge in [0, 0.05) is 25.0 Å². The van der Waals surface area contributed by atoms with Crippen molar-refractivity contribution in [2.45, 2.75) is 38.6 Å². The summed E-state index contributed by atoms with van der Waals surface area (Å²) in [5.41, 5.74) is 0.573. The van der Waals surface area contributed by atoms with E-state index in [4.69, 9.17) is 0 Å². The van der Waals surface area contributed by atoms with Crippen LogP contribution < -0.4 is 5.32 Å². The normalized spacial score (nSPS) is 15.2. The summed E-state index contributed by atoms with van der Waals surface area (Å²) in [6, 6.07) is 6.62. The number of hydrogen-bond acceptors (Lipinski definition) is 4. The Kier molecular flexibility index (Phi) is 6.72. The summed E-state index contributed by atoms with van der Waals surface area (Å²) in [5, 5.41) is 7.64. The molecule has 3 rings (SSSR count). The minimum Gasteiger partial charge on any atom is -0.336 e. The molecule has 1 fully saturated rings. The van der Waals surface area contributed by atoms with Crippen molar-refractivity contribution in [2.75, 3.05) is 20.1 Å². The Morgan fingerprint density at radius 2 is 2.00 bits per heavy atom. The summed E-state index contributed by atoms with van der Waals surface area (Å²) < 4.78 is 15.1. The first-order valence-corrected chi connectivity index (χ1v) is 8.69. The lowest BCUT2D eigenvalue weighted by atomic mass is 10.1. The van der Waals surface area contributed by atoms with Crippen LogP contribution >= 0.6 is 12.4 Å². The van der Waals surface area contributed by atoms with Gasteiger partial charge in [0.15, 0.2) is 0 Å². The molecule has 1 aromatic heterocycles. The number of carbonyl (C=O) groups excluding carboxylic acids is 1. The molecule has 0 unspecified atom stereocenters. The van der Waals surface area contributed by atoms with Crippen molar-refractivity contribution >= 4 is 18.3 Å². The van der Waals surface area contributed by atoms with E-state index in [1.54, 1.807) is 21.7 Å². The van der Waals surface area contributed by atoms with Crippen molar-refractivity contribution in [1.82, 2.24) is 25.0 Å². The fourth-order valence-corrected chi connectivity index (χ4v) is 3.10. The molecule has 1 amide bonds. The van der Waals surface area contributed by atoms with E-state index in [-0.39, 0.29) is 35.9 Å². The van der Waals surface area contributed by atoms with E-state index in [2.05, 4.69) is 15.4 Å². The van der Waals surface area contributed by atoms with Crippen LogP contribution in [0.1, 0.15) is 49.1 Å². The first-order chi connectivity index (χ1) is 12.0. The molecule has 6 nitrogen and oxygen atoms in total. The maximum absolute atomic E-state index is 13.6. The molecule has 1 aliphatic rings. The van der Waals surface area contributed by atoms with Gasteiger partial charge in [-0.2, -0.15) is 0 Å². The molecule has 0 saturated carbocycles. The molecule has 0 aliphatic carbocycles. The number of halogens is 2. The van der Waals surface area contributed by atoms with E-state index in [0.29, 0.717) is 30.6 Å². The molecule has 2 aromatic rings. The molecule has 8 heteroatoms. The number of aromatic nitrogens is 3. The van der Waals surface area contributed by atoms with Gasteiger partial charge in [-0.15, -0.1) is 17.5 Å². The highest BCUT2D eigenvalue weighted by Crippen LogP contribution is 2.20. The summed E-state index contributed by atoms with van der Waals surface area (Å²) in [6.45, 7) is 5.34. The van der Waals surface area contributed by atoms with Crippen LogP contribution in [-0.4, -0.2) is 51.8 Å². The maximum Gasteiger partial charge on any atom is 0.293 e. The first kappa shape index (κ1) is 20.3. The molecule has 1 aromatic carbocycles. The van der Waals surface area contributed by atoms with Gasteiger partial charge in [0.05, 0.1) is 5.69 Å². The lowest BCUT2D eigenvalue weighted by Gasteiger charge is -2.30. The molecule has 0 spiro atoms. The average molecular weight is 382 g/mol. The number of nitrogens with zero attached hydrogens (tertiary/aromatic N) is 4. The predicted molar refractivity (Wildman–Crippen MR) is 101 cm³/mol. The van der Waals surface area contributed by atoms with Gasteiger partial charge in [0.2, 0.25) is 5.82 Å². The molecule has 0 radical (unpaired) electrons. The number of nitrogens with one attached hydrogen (secondary N) is 1. The molecule has 0 atom stereocenters. The molecule has 0 bridgehead atoms. The molecular weight excluding hydrogens is 357 g/mol. The zero-order valence-corrected chi connectivity index (χ0v) is 16.1. The van der Waals surface area contributed by atoms with Gasteiger partial charge in [0.25, 0.3) is 5.91 Å². The number of carbonyl (C=O) groups is 1. The minimum absolute atomic E-state index is 0. The minimum atomic E-state index is -0.343. The summed E-state index contributed by atoms with van der Waals surface area (Å²) in [5.74, 6) is 0.388. The van der Waals surface area contributed by atoms with Crippen molar-refractivity contribution in [2.24, 2.45) is 0 Å². The van der Waals surface area contributed by atoms with Crippen LogP contribution in [0.5, 0.6) is 0 Å². The Labute approximate surface area is 159 Å². The van der Waals surface area contributed by atoms with Crippen LogP contribution in [-0.2, 0) is 0 Å². The Bertz CT molecular complexity index is 756. The number of amides is 1. The van der Waals surface area contributed by atoms with Crippen LogP contribution in [0.3, 0.4) is 0 Å². The molecule has 1 N–H and O–H groups in total. The van der Waals surface area contributed by atoms with Gasteiger partial charge in [-0.3, -0.25) is 4.79 Å². The van der Waals surface area contributed by atoms with Gasteiger partial charge in [-0.05, 0) is 38.1 Å². The standard InChI is InChI=1S/C18H24FN5O.ClH/c1-12(2)17-21-16(18(25)23-9-7-14(20-3)8-10-23)22-24(17)15-6-4-5-13(19)11-15;/h4-6,11-12,14,20H,7-10H2,1-3H3;1H. The van der Waals surface area contributed by atoms with Gasteiger partial charge >= 0.3 is 0 Å². The topological polar surface area (TPSA) is 63.1 Å². The number of piperidine rings is 1. The largest absolute Gasteiger partial charge is 0.336 e. The molecule has 142 valence electrons. The third-order valence-electron chi connectivity index (χ3n) is 4.58. The van der Waals surface area contributed by atoms with Crippen LogP contribution in [0.2, 0.25) is 0 Å². The highest BCUT2D eigenvalue weighted by atomic mass is 35.5. The third kappa shape index (κ3) is 4.22.